The van der Waals surface area contributed by atoms with E-state index in [4.69, 9.17) is 0 Å². The van der Waals surface area contributed by atoms with Crippen molar-refractivity contribution in [3.05, 3.63) is 199 Å². The lowest BCUT2D eigenvalue weighted by Crippen LogP contribution is -2.09. The van der Waals surface area contributed by atoms with Crippen molar-refractivity contribution < 1.29 is 0 Å². The van der Waals surface area contributed by atoms with Gasteiger partial charge in [0.2, 0.25) is 0 Å². The molecule has 0 aliphatic rings. The summed E-state index contributed by atoms with van der Waals surface area (Å²) in [7, 11) is 0. The smallest absolute Gasteiger partial charge is 0.0468 e. The maximum Gasteiger partial charge on any atom is 0.0468 e. The standard InChI is InChI=1S/C46H33N/c1-3-9-36(10-4-1)39-21-26-44(27-22-39)47(45-28-23-40(24-29-45)37-11-5-2-6-12-37)46-30-25-42-32-35(18-20-43(42)33-46)16-15-34-17-19-38-13-7-8-14-41(38)31-34/h1-33H. The third-order valence-corrected chi connectivity index (χ3v) is 8.81. The molecule has 0 amide bonds. The van der Waals surface area contributed by atoms with E-state index < -0.39 is 0 Å². The van der Waals surface area contributed by atoms with Crippen molar-refractivity contribution in [1.29, 1.82) is 0 Å². The lowest BCUT2D eigenvalue weighted by molar-refractivity contribution is 1.29. The van der Waals surface area contributed by atoms with Crippen LogP contribution >= 0.6 is 0 Å². The first kappa shape index (κ1) is 28.3. The molecule has 0 aromatic heterocycles. The number of rotatable bonds is 7. The third kappa shape index (κ3) is 6.08. The molecule has 8 rings (SSSR count). The fraction of sp³-hybridized carbons (Fsp3) is 0. The van der Waals surface area contributed by atoms with Crippen LogP contribution in [0.1, 0.15) is 11.1 Å². The Morgan fingerprint density at radius 1 is 0.277 bits per heavy atom. The van der Waals surface area contributed by atoms with Crippen molar-refractivity contribution >= 4 is 50.8 Å². The molecule has 8 aromatic rings. The minimum atomic E-state index is 1.12. The number of fused-ring (bicyclic) bond motifs is 2. The third-order valence-electron chi connectivity index (χ3n) is 8.81. The van der Waals surface area contributed by atoms with Gasteiger partial charge >= 0.3 is 0 Å². The molecule has 0 N–H and O–H groups in total. The zero-order valence-electron chi connectivity index (χ0n) is 26.0. The monoisotopic (exact) mass is 599 g/mol. The molecule has 8 aromatic carbocycles. The van der Waals surface area contributed by atoms with Crippen LogP contribution in [0, 0.1) is 0 Å². The van der Waals surface area contributed by atoms with Gasteiger partial charge in [0.05, 0.1) is 0 Å². The predicted octanol–water partition coefficient (Wildman–Crippen LogP) is 13.0. The highest BCUT2D eigenvalue weighted by Gasteiger charge is 2.14. The molecule has 0 unspecified atom stereocenters. The molecular formula is C46H33N. The van der Waals surface area contributed by atoms with Crippen LogP contribution in [-0.4, -0.2) is 0 Å². The first-order valence-electron chi connectivity index (χ1n) is 16.1. The van der Waals surface area contributed by atoms with Crippen LogP contribution in [-0.2, 0) is 0 Å². The zero-order chi connectivity index (χ0) is 31.4. The molecule has 0 spiro atoms. The Kier molecular flexibility index (Phi) is 7.63. The fourth-order valence-corrected chi connectivity index (χ4v) is 6.31. The van der Waals surface area contributed by atoms with E-state index in [9.17, 15) is 0 Å². The number of hydrogen-bond donors (Lipinski definition) is 0. The molecular weight excluding hydrogens is 567 g/mol. The van der Waals surface area contributed by atoms with E-state index in [1.54, 1.807) is 0 Å². The summed E-state index contributed by atoms with van der Waals surface area (Å²) in [4.78, 5) is 2.34. The van der Waals surface area contributed by atoms with Crippen molar-refractivity contribution in [2.24, 2.45) is 0 Å². The van der Waals surface area contributed by atoms with Crippen molar-refractivity contribution in [2.75, 3.05) is 4.90 Å². The molecule has 1 heteroatoms. The Morgan fingerprint density at radius 2 is 0.660 bits per heavy atom. The highest BCUT2D eigenvalue weighted by Crippen LogP contribution is 2.38. The van der Waals surface area contributed by atoms with Crippen molar-refractivity contribution in [3.8, 4) is 22.3 Å². The normalized spacial score (nSPS) is 11.3. The highest BCUT2D eigenvalue weighted by molar-refractivity contribution is 5.92. The Balaban J connectivity index is 1.13. The van der Waals surface area contributed by atoms with Crippen LogP contribution in [0.5, 0.6) is 0 Å². The molecule has 0 radical (unpaired) electrons. The van der Waals surface area contributed by atoms with Crippen LogP contribution in [0.4, 0.5) is 17.1 Å². The van der Waals surface area contributed by atoms with Crippen LogP contribution < -0.4 is 4.90 Å². The maximum absolute atomic E-state index is 2.34. The lowest BCUT2D eigenvalue weighted by atomic mass is 10.0. The summed E-state index contributed by atoms with van der Waals surface area (Å²) in [6.45, 7) is 0. The Bertz CT molecular complexity index is 2230. The van der Waals surface area contributed by atoms with Gasteiger partial charge in [-0.3, -0.25) is 0 Å². The second-order valence-corrected chi connectivity index (χ2v) is 11.9. The van der Waals surface area contributed by atoms with Gasteiger partial charge in [-0.2, -0.15) is 0 Å². The van der Waals surface area contributed by atoms with Gasteiger partial charge in [-0.05, 0) is 103 Å². The van der Waals surface area contributed by atoms with Gasteiger partial charge in [0, 0.05) is 17.1 Å². The van der Waals surface area contributed by atoms with Crippen molar-refractivity contribution in [3.63, 3.8) is 0 Å². The second kappa shape index (κ2) is 12.7. The summed E-state index contributed by atoms with van der Waals surface area (Å²) < 4.78 is 0. The van der Waals surface area contributed by atoms with Gasteiger partial charge in [-0.25, -0.2) is 0 Å². The molecule has 0 saturated carbocycles. The van der Waals surface area contributed by atoms with E-state index in [0.29, 0.717) is 0 Å². The summed E-state index contributed by atoms with van der Waals surface area (Å²) in [5.41, 5.74) is 10.6. The minimum Gasteiger partial charge on any atom is -0.310 e. The lowest BCUT2D eigenvalue weighted by Gasteiger charge is -2.26. The van der Waals surface area contributed by atoms with E-state index in [1.807, 2.05) is 0 Å². The van der Waals surface area contributed by atoms with Gasteiger partial charge < -0.3 is 4.90 Å². The summed E-state index contributed by atoms with van der Waals surface area (Å²) >= 11 is 0. The number of nitrogens with zero attached hydrogens (tertiary/aromatic N) is 1. The van der Waals surface area contributed by atoms with Gasteiger partial charge in [0.15, 0.2) is 0 Å². The molecule has 222 valence electrons. The Labute approximate surface area is 276 Å². The van der Waals surface area contributed by atoms with Gasteiger partial charge in [-0.15, -0.1) is 0 Å². The molecule has 0 saturated heterocycles. The summed E-state index contributed by atoms with van der Waals surface area (Å²) in [6, 6.07) is 67.4. The van der Waals surface area contributed by atoms with E-state index in [-0.39, 0.29) is 0 Å². The summed E-state index contributed by atoms with van der Waals surface area (Å²) in [6.07, 6.45) is 4.40. The average molecular weight is 600 g/mol. The van der Waals surface area contributed by atoms with Crippen LogP contribution in [0.3, 0.4) is 0 Å². The second-order valence-electron chi connectivity index (χ2n) is 11.9. The summed E-state index contributed by atoms with van der Waals surface area (Å²) in [5, 5.41) is 4.94. The largest absolute Gasteiger partial charge is 0.310 e. The first-order chi connectivity index (χ1) is 23.3. The predicted molar refractivity (Wildman–Crippen MR) is 202 cm³/mol. The van der Waals surface area contributed by atoms with E-state index >= 15 is 0 Å². The molecule has 0 aliphatic carbocycles. The molecule has 0 aliphatic heterocycles. The minimum absolute atomic E-state index is 1.12. The van der Waals surface area contributed by atoms with Crippen LogP contribution in [0.15, 0.2) is 188 Å². The Hall–Kier alpha value is -6.18. The molecule has 0 heterocycles. The average Bonchev–Trinajstić information content (AvgIpc) is 3.15. The molecule has 0 atom stereocenters. The van der Waals surface area contributed by atoms with E-state index in [1.165, 1.54) is 54.9 Å². The number of benzene rings is 8. The van der Waals surface area contributed by atoms with Gasteiger partial charge in [-0.1, -0.05) is 152 Å². The maximum atomic E-state index is 2.34. The number of anilines is 3. The highest BCUT2D eigenvalue weighted by atomic mass is 15.1. The van der Waals surface area contributed by atoms with E-state index in [2.05, 4.69) is 205 Å². The first-order valence-corrected chi connectivity index (χ1v) is 16.1. The molecule has 47 heavy (non-hydrogen) atoms. The van der Waals surface area contributed by atoms with Crippen molar-refractivity contribution in [1.82, 2.24) is 0 Å². The van der Waals surface area contributed by atoms with Gasteiger partial charge in [0.25, 0.3) is 0 Å². The number of hydrogen-bond acceptors (Lipinski definition) is 1. The zero-order valence-corrected chi connectivity index (χ0v) is 26.0. The molecule has 1 nitrogen and oxygen atoms in total. The summed E-state index contributed by atoms with van der Waals surface area (Å²) in [5.74, 6) is 0. The van der Waals surface area contributed by atoms with Crippen molar-refractivity contribution in [2.45, 2.75) is 0 Å². The van der Waals surface area contributed by atoms with Crippen LogP contribution in [0.25, 0.3) is 56.0 Å². The molecule has 0 bridgehead atoms. The fourth-order valence-electron chi connectivity index (χ4n) is 6.31. The SMILES string of the molecule is C(=Cc1ccc2cc(N(c3ccc(-c4ccccc4)cc3)c3ccc(-c4ccccc4)cc3)ccc2c1)c1ccc2ccccc2c1. The van der Waals surface area contributed by atoms with Crippen LogP contribution in [0.2, 0.25) is 0 Å². The topological polar surface area (TPSA) is 3.24 Å². The Morgan fingerprint density at radius 3 is 1.21 bits per heavy atom. The van der Waals surface area contributed by atoms with Gasteiger partial charge in [0.1, 0.15) is 0 Å². The quantitative estimate of drug-likeness (QED) is 0.165. The van der Waals surface area contributed by atoms with E-state index in [0.717, 1.165) is 17.1 Å². The molecule has 0 fully saturated rings.